The van der Waals surface area contributed by atoms with Crippen LogP contribution in [0.4, 0.5) is 11.6 Å². The van der Waals surface area contributed by atoms with E-state index in [2.05, 4.69) is 20.4 Å². The number of hydrogen-bond donors (Lipinski definition) is 1. The largest absolute Gasteiger partial charge is 0.497 e. The van der Waals surface area contributed by atoms with Crippen molar-refractivity contribution in [2.75, 3.05) is 30.4 Å². The minimum Gasteiger partial charge on any atom is -0.497 e. The summed E-state index contributed by atoms with van der Waals surface area (Å²) in [4.78, 5) is 15.0. The molecule has 1 aliphatic heterocycles. The summed E-state index contributed by atoms with van der Waals surface area (Å²) in [6.45, 7) is 3.54. The molecule has 7 heteroatoms. The van der Waals surface area contributed by atoms with Gasteiger partial charge in [-0.2, -0.15) is 0 Å². The number of ether oxygens (including phenoxy) is 1. The van der Waals surface area contributed by atoms with Gasteiger partial charge in [0.05, 0.1) is 13.0 Å². The van der Waals surface area contributed by atoms with Crippen LogP contribution in [0.15, 0.2) is 42.5 Å². The molecule has 0 saturated carbocycles. The van der Waals surface area contributed by atoms with Crippen LogP contribution in [0.25, 0.3) is 5.65 Å². The lowest BCUT2D eigenvalue weighted by Crippen LogP contribution is -2.41. The van der Waals surface area contributed by atoms with E-state index < -0.39 is 0 Å². The number of nitrogens with zero attached hydrogens (tertiary/aromatic N) is 4. The van der Waals surface area contributed by atoms with Gasteiger partial charge < -0.3 is 15.0 Å². The van der Waals surface area contributed by atoms with Gasteiger partial charge in [0, 0.05) is 30.5 Å². The second-order valence-corrected chi connectivity index (χ2v) is 6.87. The Balaban J connectivity index is 1.51. The smallest absolute Gasteiger partial charge is 0.231 e. The van der Waals surface area contributed by atoms with E-state index >= 15 is 0 Å². The zero-order valence-corrected chi connectivity index (χ0v) is 15.6. The Hall–Kier alpha value is -3.09. The van der Waals surface area contributed by atoms with Crippen LogP contribution in [0.1, 0.15) is 18.5 Å². The molecule has 3 heterocycles. The molecule has 1 saturated heterocycles. The molecule has 1 unspecified atom stereocenters. The molecule has 1 atom stereocenters. The lowest BCUT2D eigenvalue weighted by atomic mass is 9.97. The van der Waals surface area contributed by atoms with Crippen molar-refractivity contribution in [2.24, 2.45) is 5.92 Å². The van der Waals surface area contributed by atoms with Crippen LogP contribution in [0.3, 0.4) is 0 Å². The summed E-state index contributed by atoms with van der Waals surface area (Å²) in [5, 5.41) is 11.7. The SMILES string of the molecule is COc1cccc(NC(=O)C2CCCN(c3nnc4cccc(C)n34)C2)c1. The number of hydrogen-bond acceptors (Lipinski definition) is 5. The molecule has 2 aromatic heterocycles. The predicted molar refractivity (Wildman–Crippen MR) is 104 cm³/mol. The van der Waals surface area contributed by atoms with E-state index in [1.165, 1.54) is 0 Å². The molecule has 0 spiro atoms. The molecular weight excluding hydrogens is 342 g/mol. The summed E-state index contributed by atoms with van der Waals surface area (Å²) in [6, 6.07) is 13.4. The standard InChI is InChI=1S/C20H23N5O2/c1-14-6-3-10-18-22-23-20(25(14)18)24-11-5-7-15(13-24)19(26)21-16-8-4-9-17(12-16)27-2/h3-4,6,8-10,12,15H,5,7,11,13H2,1-2H3,(H,21,26). The number of nitrogens with one attached hydrogen (secondary N) is 1. The fourth-order valence-electron chi connectivity index (χ4n) is 3.60. The maximum absolute atomic E-state index is 12.8. The normalized spacial score (nSPS) is 17.1. The van der Waals surface area contributed by atoms with Crippen molar-refractivity contribution in [2.45, 2.75) is 19.8 Å². The molecular formula is C20H23N5O2. The first-order valence-electron chi connectivity index (χ1n) is 9.16. The van der Waals surface area contributed by atoms with Gasteiger partial charge in [-0.15, -0.1) is 10.2 Å². The van der Waals surface area contributed by atoms with Gasteiger partial charge in [-0.25, -0.2) is 0 Å². The minimum absolute atomic E-state index is 0.0264. The first-order valence-corrected chi connectivity index (χ1v) is 9.16. The molecule has 1 aromatic carbocycles. The molecule has 0 bridgehead atoms. The number of methoxy groups -OCH3 is 1. The van der Waals surface area contributed by atoms with Crippen LogP contribution >= 0.6 is 0 Å². The van der Waals surface area contributed by atoms with Crippen molar-refractivity contribution in [1.29, 1.82) is 0 Å². The molecule has 4 rings (SSSR count). The third-order valence-corrected chi connectivity index (χ3v) is 5.02. The van der Waals surface area contributed by atoms with E-state index in [1.54, 1.807) is 7.11 Å². The van der Waals surface area contributed by atoms with E-state index in [9.17, 15) is 4.79 Å². The highest BCUT2D eigenvalue weighted by molar-refractivity contribution is 5.93. The maximum atomic E-state index is 12.8. The summed E-state index contributed by atoms with van der Waals surface area (Å²) in [5.74, 6) is 1.46. The number of anilines is 2. The van der Waals surface area contributed by atoms with Crippen LogP contribution in [-0.2, 0) is 4.79 Å². The third-order valence-electron chi connectivity index (χ3n) is 5.02. The van der Waals surface area contributed by atoms with Gasteiger partial charge >= 0.3 is 0 Å². The minimum atomic E-state index is -0.0960. The summed E-state index contributed by atoms with van der Waals surface area (Å²) in [7, 11) is 1.62. The lowest BCUT2D eigenvalue weighted by molar-refractivity contribution is -0.120. The molecule has 0 aliphatic carbocycles. The van der Waals surface area contributed by atoms with Crippen LogP contribution in [0, 0.1) is 12.8 Å². The van der Waals surface area contributed by atoms with Gasteiger partial charge in [-0.3, -0.25) is 9.20 Å². The average molecular weight is 365 g/mol. The van der Waals surface area contributed by atoms with Crippen molar-refractivity contribution in [3.05, 3.63) is 48.2 Å². The second-order valence-electron chi connectivity index (χ2n) is 6.87. The summed E-state index contributed by atoms with van der Waals surface area (Å²) < 4.78 is 7.27. The van der Waals surface area contributed by atoms with Gasteiger partial charge in [0.1, 0.15) is 5.75 Å². The number of piperidine rings is 1. The number of amides is 1. The number of aromatic nitrogens is 3. The van der Waals surface area contributed by atoms with Gasteiger partial charge in [0.2, 0.25) is 11.9 Å². The topological polar surface area (TPSA) is 71.8 Å². The van der Waals surface area contributed by atoms with Crippen molar-refractivity contribution in [1.82, 2.24) is 14.6 Å². The van der Waals surface area contributed by atoms with Gasteiger partial charge in [-0.1, -0.05) is 12.1 Å². The van der Waals surface area contributed by atoms with Crippen molar-refractivity contribution >= 4 is 23.2 Å². The van der Waals surface area contributed by atoms with Gasteiger partial charge in [0.25, 0.3) is 0 Å². The number of carbonyl (C=O) groups is 1. The third kappa shape index (κ3) is 3.45. The van der Waals surface area contributed by atoms with Gasteiger partial charge in [-0.05, 0) is 44.0 Å². The molecule has 1 aliphatic rings. The molecule has 1 amide bonds. The van der Waals surface area contributed by atoms with Crippen LogP contribution in [0.2, 0.25) is 0 Å². The number of rotatable bonds is 4. The Morgan fingerprint density at radius 1 is 1.22 bits per heavy atom. The van der Waals surface area contributed by atoms with Crippen LogP contribution < -0.4 is 15.0 Å². The molecule has 1 N–H and O–H groups in total. The highest BCUT2D eigenvalue weighted by atomic mass is 16.5. The van der Waals surface area contributed by atoms with E-state index in [0.717, 1.165) is 48.1 Å². The lowest BCUT2D eigenvalue weighted by Gasteiger charge is -2.32. The predicted octanol–water partition coefficient (Wildman–Crippen LogP) is 2.90. The first kappa shape index (κ1) is 17.3. The number of fused-ring (bicyclic) bond motifs is 1. The van der Waals surface area contributed by atoms with Gasteiger partial charge in [0.15, 0.2) is 5.65 Å². The Bertz CT molecular complexity index is 968. The quantitative estimate of drug-likeness (QED) is 0.770. The van der Waals surface area contributed by atoms with Crippen molar-refractivity contribution in [3.8, 4) is 5.75 Å². The molecule has 3 aromatic rings. The Labute approximate surface area is 158 Å². The van der Waals surface area contributed by atoms with Crippen molar-refractivity contribution in [3.63, 3.8) is 0 Å². The van der Waals surface area contributed by atoms with E-state index in [0.29, 0.717) is 6.54 Å². The number of benzene rings is 1. The van der Waals surface area contributed by atoms with E-state index in [-0.39, 0.29) is 11.8 Å². The molecule has 1 fully saturated rings. The molecule has 27 heavy (non-hydrogen) atoms. The zero-order chi connectivity index (χ0) is 18.8. The zero-order valence-electron chi connectivity index (χ0n) is 15.6. The maximum Gasteiger partial charge on any atom is 0.231 e. The number of aryl methyl sites for hydroxylation is 1. The summed E-state index contributed by atoms with van der Waals surface area (Å²) >= 11 is 0. The fourth-order valence-corrected chi connectivity index (χ4v) is 3.60. The summed E-state index contributed by atoms with van der Waals surface area (Å²) in [6.07, 6.45) is 1.80. The molecule has 0 radical (unpaired) electrons. The van der Waals surface area contributed by atoms with Crippen LogP contribution in [-0.4, -0.2) is 40.7 Å². The monoisotopic (exact) mass is 365 g/mol. The highest BCUT2D eigenvalue weighted by Crippen LogP contribution is 2.25. The average Bonchev–Trinajstić information content (AvgIpc) is 3.14. The van der Waals surface area contributed by atoms with Crippen LogP contribution in [0.5, 0.6) is 5.75 Å². The Kier molecular flexibility index (Phi) is 4.66. The second kappa shape index (κ2) is 7.26. The number of carbonyl (C=O) groups excluding carboxylic acids is 1. The van der Waals surface area contributed by atoms with E-state index in [4.69, 9.17) is 4.74 Å². The van der Waals surface area contributed by atoms with Crippen molar-refractivity contribution < 1.29 is 9.53 Å². The fraction of sp³-hybridized carbons (Fsp3) is 0.350. The Morgan fingerprint density at radius 2 is 2.07 bits per heavy atom. The molecule has 7 nitrogen and oxygen atoms in total. The number of pyridine rings is 1. The molecule has 140 valence electrons. The highest BCUT2D eigenvalue weighted by Gasteiger charge is 2.28. The summed E-state index contributed by atoms with van der Waals surface area (Å²) in [5.41, 5.74) is 2.66. The van der Waals surface area contributed by atoms with E-state index in [1.807, 2.05) is 53.8 Å². The Morgan fingerprint density at radius 3 is 2.93 bits per heavy atom. The first-order chi connectivity index (χ1) is 13.2.